The highest BCUT2D eigenvalue weighted by atomic mass is 32.1. The van der Waals surface area contributed by atoms with E-state index < -0.39 is 0 Å². The van der Waals surface area contributed by atoms with Crippen LogP contribution in [0.4, 0.5) is 0 Å². The number of thiazole rings is 1. The van der Waals surface area contributed by atoms with Crippen molar-refractivity contribution in [3.63, 3.8) is 0 Å². The normalized spacial score (nSPS) is 11.8. The third-order valence-corrected chi connectivity index (χ3v) is 2.51. The Labute approximate surface area is 76.1 Å². The third-order valence-electron chi connectivity index (χ3n) is 1.49. The summed E-state index contributed by atoms with van der Waals surface area (Å²) in [5, 5.41) is 10.2. The molecule has 66 valence electrons. The lowest BCUT2D eigenvalue weighted by molar-refractivity contribution is 0.820. The van der Waals surface area contributed by atoms with E-state index in [-0.39, 0.29) is 0 Å². The fraction of sp³-hybridized carbons (Fsp3) is 0.500. The summed E-state index contributed by atoms with van der Waals surface area (Å²) in [6.45, 7) is 5.92. The van der Waals surface area contributed by atoms with Crippen molar-refractivity contribution >= 4 is 17.0 Å². The number of nitrogens with zero attached hydrogens (tertiary/aromatic N) is 3. The molecule has 12 heavy (non-hydrogen) atoms. The zero-order valence-electron chi connectivity index (χ0n) is 7.83. The molecule has 0 radical (unpaired) electrons. The van der Waals surface area contributed by atoms with Crippen LogP contribution in [0.3, 0.4) is 0 Å². The molecule has 0 amide bonds. The quantitative estimate of drug-likeness (QED) is 0.468. The van der Waals surface area contributed by atoms with Gasteiger partial charge in [0.1, 0.15) is 0 Å². The minimum atomic E-state index is 0.939. The van der Waals surface area contributed by atoms with E-state index >= 15 is 0 Å². The zero-order chi connectivity index (χ0) is 9.14. The lowest BCUT2D eigenvalue weighted by Crippen LogP contribution is -2.10. The smallest absolute Gasteiger partial charge is 0.210 e. The third kappa shape index (κ3) is 2.04. The first-order chi connectivity index (χ1) is 5.61. The van der Waals surface area contributed by atoms with Gasteiger partial charge in [-0.05, 0) is 20.8 Å². The maximum atomic E-state index is 4.10. The van der Waals surface area contributed by atoms with Gasteiger partial charge in [-0.15, -0.1) is 16.4 Å². The molecule has 3 nitrogen and oxygen atoms in total. The van der Waals surface area contributed by atoms with Crippen LogP contribution in [0.25, 0.3) is 0 Å². The lowest BCUT2D eigenvalue weighted by atomic mass is 10.5. The highest BCUT2D eigenvalue weighted by molar-refractivity contribution is 7.07. The fourth-order valence-electron chi connectivity index (χ4n) is 0.680. The van der Waals surface area contributed by atoms with E-state index in [0.29, 0.717) is 0 Å². The molecule has 0 aromatic carbocycles. The zero-order valence-corrected chi connectivity index (χ0v) is 8.64. The molecule has 0 bridgehead atoms. The molecule has 0 fully saturated rings. The first-order valence-electron chi connectivity index (χ1n) is 3.77. The second kappa shape index (κ2) is 3.67. The molecule has 0 aliphatic heterocycles. The molecule has 0 atom stereocenters. The van der Waals surface area contributed by atoms with Gasteiger partial charge in [-0.2, -0.15) is 5.10 Å². The maximum absolute atomic E-state index is 4.10. The first kappa shape index (κ1) is 9.19. The number of hydrogen-bond donors (Lipinski definition) is 0. The average Bonchev–Trinajstić information content (AvgIpc) is 2.30. The molecular formula is C8H13N3S. The van der Waals surface area contributed by atoms with Crippen LogP contribution in [-0.2, 0) is 7.05 Å². The van der Waals surface area contributed by atoms with Crippen LogP contribution in [-0.4, -0.2) is 10.3 Å². The van der Waals surface area contributed by atoms with Crippen LogP contribution < -0.4 is 4.80 Å². The predicted octanol–water partition coefficient (Wildman–Crippen LogP) is 1.69. The van der Waals surface area contributed by atoms with Crippen molar-refractivity contribution < 1.29 is 0 Å². The van der Waals surface area contributed by atoms with Gasteiger partial charge >= 0.3 is 0 Å². The summed E-state index contributed by atoms with van der Waals surface area (Å²) >= 11 is 1.61. The Morgan fingerprint density at radius 3 is 2.58 bits per heavy atom. The predicted molar refractivity (Wildman–Crippen MR) is 52.4 cm³/mol. The molecule has 0 aliphatic rings. The van der Waals surface area contributed by atoms with E-state index in [1.165, 1.54) is 5.69 Å². The standard InChI is InChI=1S/C8H13N3S/c1-6(2)9-10-8-11(4)7(3)5-12-8/h5H,1-4H3/b10-8+. The molecule has 0 saturated heterocycles. The molecule has 1 rings (SSSR count). The van der Waals surface area contributed by atoms with Gasteiger partial charge < -0.3 is 4.57 Å². The Morgan fingerprint density at radius 1 is 1.50 bits per heavy atom. The van der Waals surface area contributed by atoms with Crippen LogP contribution in [0.15, 0.2) is 15.6 Å². The summed E-state index contributed by atoms with van der Waals surface area (Å²) in [5.41, 5.74) is 2.18. The molecule has 0 saturated carbocycles. The van der Waals surface area contributed by atoms with Crippen LogP contribution in [0.2, 0.25) is 0 Å². The van der Waals surface area contributed by atoms with Crippen molar-refractivity contribution in [2.75, 3.05) is 0 Å². The van der Waals surface area contributed by atoms with Crippen molar-refractivity contribution in [3.8, 4) is 0 Å². The molecule has 1 heterocycles. The molecule has 0 spiro atoms. The Hall–Kier alpha value is -0.900. The van der Waals surface area contributed by atoms with Gasteiger partial charge in [0.25, 0.3) is 0 Å². The molecule has 0 aliphatic carbocycles. The Morgan fingerprint density at radius 2 is 2.17 bits per heavy atom. The second-order valence-electron chi connectivity index (χ2n) is 2.87. The number of aromatic nitrogens is 1. The largest absolute Gasteiger partial charge is 0.323 e. The Kier molecular flexibility index (Phi) is 2.81. The Balaban J connectivity index is 3.11. The van der Waals surface area contributed by atoms with Crippen molar-refractivity contribution in [2.45, 2.75) is 20.8 Å². The van der Waals surface area contributed by atoms with Crippen molar-refractivity contribution in [1.82, 2.24) is 4.57 Å². The van der Waals surface area contributed by atoms with Crippen molar-refractivity contribution in [1.29, 1.82) is 0 Å². The molecule has 0 unspecified atom stereocenters. The first-order valence-corrected chi connectivity index (χ1v) is 4.65. The average molecular weight is 183 g/mol. The van der Waals surface area contributed by atoms with Crippen LogP contribution in [0.5, 0.6) is 0 Å². The Bertz CT molecular complexity index is 353. The van der Waals surface area contributed by atoms with Crippen LogP contribution >= 0.6 is 11.3 Å². The topological polar surface area (TPSA) is 29.6 Å². The summed E-state index contributed by atoms with van der Waals surface area (Å²) in [5.74, 6) is 0. The van der Waals surface area contributed by atoms with E-state index in [2.05, 4.69) is 22.5 Å². The van der Waals surface area contributed by atoms with E-state index in [0.717, 1.165) is 10.5 Å². The highest BCUT2D eigenvalue weighted by Crippen LogP contribution is 1.96. The number of hydrogen-bond acceptors (Lipinski definition) is 3. The minimum Gasteiger partial charge on any atom is -0.323 e. The summed E-state index contributed by atoms with van der Waals surface area (Å²) in [6.07, 6.45) is 0. The summed E-state index contributed by atoms with van der Waals surface area (Å²) in [6, 6.07) is 0. The maximum Gasteiger partial charge on any atom is 0.210 e. The molecule has 0 N–H and O–H groups in total. The van der Waals surface area contributed by atoms with Gasteiger partial charge in [0, 0.05) is 23.8 Å². The highest BCUT2D eigenvalue weighted by Gasteiger charge is 1.92. The van der Waals surface area contributed by atoms with E-state index in [1.807, 2.05) is 25.5 Å². The van der Waals surface area contributed by atoms with Gasteiger partial charge in [-0.3, -0.25) is 0 Å². The van der Waals surface area contributed by atoms with Gasteiger partial charge in [0.15, 0.2) is 0 Å². The van der Waals surface area contributed by atoms with Gasteiger partial charge in [0.2, 0.25) is 4.80 Å². The summed E-state index contributed by atoms with van der Waals surface area (Å²) < 4.78 is 2.02. The van der Waals surface area contributed by atoms with Gasteiger partial charge in [0.05, 0.1) is 0 Å². The second-order valence-corrected chi connectivity index (χ2v) is 3.70. The number of rotatable bonds is 1. The van der Waals surface area contributed by atoms with Crippen LogP contribution in [0, 0.1) is 6.92 Å². The minimum absolute atomic E-state index is 0.939. The van der Waals surface area contributed by atoms with E-state index in [4.69, 9.17) is 0 Å². The van der Waals surface area contributed by atoms with E-state index in [1.54, 1.807) is 11.3 Å². The molecule has 1 aromatic heterocycles. The number of aryl methyl sites for hydroxylation is 1. The SMILES string of the molecule is CC(C)=N/N=c1/scc(C)n1C. The summed E-state index contributed by atoms with van der Waals surface area (Å²) in [4.78, 5) is 0.939. The van der Waals surface area contributed by atoms with Crippen molar-refractivity contribution in [3.05, 3.63) is 15.9 Å². The molecule has 1 aromatic rings. The van der Waals surface area contributed by atoms with E-state index in [9.17, 15) is 0 Å². The monoisotopic (exact) mass is 183 g/mol. The lowest BCUT2D eigenvalue weighted by Gasteiger charge is -1.91. The van der Waals surface area contributed by atoms with Crippen molar-refractivity contribution in [2.24, 2.45) is 17.3 Å². The van der Waals surface area contributed by atoms with Gasteiger partial charge in [-0.1, -0.05) is 0 Å². The fourth-order valence-corrected chi connectivity index (χ4v) is 1.50. The van der Waals surface area contributed by atoms with Gasteiger partial charge in [-0.25, -0.2) is 0 Å². The molecule has 4 heteroatoms. The van der Waals surface area contributed by atoms with Crippen LogP contribution in [0.1, 0.15) is 19.5 Å². The molecular weight excluding hydrogens is 170 g/mol. The summed E-state index contributed by atoms with van der Waals surface area (Å²) in [7, 11) is 1.99.